The minimum absolute atomic E-state index is 0.0641. The van der Waals surface area contributed by atoms with E-state index in [1.54, 1.807) is 44.6 Å². The minimum Gasteiger partial charge on any atom is -0.348 e. The number of hydrogen-bond donors (Lipinski definition) is 1. The Morgan fingerprint density at radius 1 is 1.07 bits per heavy atom. The zero-order valence-corrected chi connectivity index (χ0v) is 16.7. The Labute approximate surface area is 165 Å². The van der Waals surface area contributed by atoms with Crippen LogP contribution in [0.2, 0.25) is 0 Å². The number of amides is 1. The van der Waals surface area contributed by atoms with Crippen LogP contribution in [0.1, 0.15) is 35.3 Å². The number of benzene rings is 2. The summed E-state index contributed by atoms with van der Waals surface area (Å²) in [4.78, 5) is 16.9. The van der Waals surface area contributed by atoms with Gasteiger partial charge >= 0.3 is 0 Å². The molecule has 146 valence electrons. The van der Waals surface area contributed by atoms with Crippen LogP contribution in [0.5, 0.6) is 0 Å². The summed E-state index contributed by atoms with van der Waals surface area (Å²) in [6.45, 7) is 4.16. The third-order valence-corrected chi connectivity index (χ3v) is 6.74. The van der Waals surface area contributed by atoms with Crippen LogP contribution in [-0.4, -0.2) is 29.1 Å². The molecule has 0 atom stereocenters. The van der Waals surface area contributed by atoms with Crippen molar-refractivity contribution < 1.29 is 13.2 Å². The highest BCUT2D eigenvalue weighted by atomic mass is 32.2. The molecule has 28 heavy (non-hydrogen) atoms. The van der Waals surface area contributed by atoms with Gasteiger partial charge in [0.25, 0.3) is 5.91 Å². The number of aromatic nitrogens is 2. The Hall–Kier alpha value is -2.93. The summed E-state index contributed by atoms with van der Waals surface area (Å²) < 4.78 is 27.1. The molecule has 0 aliphatic rings. The molecule has 1 N–H and O–H groups in total. The molecule has 2 aromatic carbocycles. The molecule has 0 aliphatic heterocycles. The summed E-state index contributed by atoms with van der Waals surface area (Å²) in [5.74, 6) is -0.405. The van der Waals surface area contributed by atoms with Crippen molar-refractivity contribution in [2.75, 3.05) is 0 Å². The van der Waals surface area contributed by atoms with Crippen LogP contribution in [0.15, 0.2) is 72.1 Å². The molecule has 0 saturated carbocycles. The molecule has 0 bridgehead atoms. The van der Waals surface area contributed by atoms with Crippen LogP contribution in [-0.2, 0) is 22.9 Å². The van der Waals surface area contributed by atoms with E-state index in [0.717, 1.165) is 11.1 Å². The minimum atomic E-state index is -3.55. The summed E-state index contributed by atoms with van der Waals surface area (Å²) in [7, 11) is -3.55. The Morgan fingerprint density at radius 3 is 2.43 bits per heavy atom. The van der Waals surface area contributed by atoms with Gasteiger partial charge in [0.05, 0.1) is 22.0 Å². The number of carbonyl (C=O) groups is 1. The molecule has 0 fully saturated rings. The number of carbonyl (C=O) groups excluding carboxylic acids is 1. The maximum Gasteiger partial charge on any atom is 0.252 e. The van der Waals surface area contributed by atoms with Crippen molar-refractivity contribution in [1.29, 1.82) is 0 Å². The topological polar surface area (TPSA) is 81.1 Å². The quantitative estimate of drug-likeness (QED) is 0.664. The number of hydrogen-bond acceptors (Lipinski definition) is 4. The lowest BCUT2D eigenvalue weighted by atomic mass is 10.1. The van der Waals surface area contributed by atoms with Gasteiger partial charge in [0.15, 0.2) is 9.84 Å². The summed E-state index contributed by atoms with van der Waals surface area (Å²) in [5, 5.41) is 2.26. The highest BCUT2D eigenvalue weighted by molar-refractivity contribution is 7.92. The Morgan fingerprint density at radius 2 is 1.75 bits per heavy atom. The molecule has 1 aromatic heterocycles. The fourth-order valence-corrected chi connectivity index (χ4v) is 4.13. The molecule has 0 spiro atoms. The van der Waals surface area contributed by atoms with Gasteiger partial charge in [-0.1, -0.05) is 36.4 Å². The van der Waals surface area contributed by atoms with Gasteiger partial charge in [-0.25, -0.2) is 13.4 Å². The summed E-state index contributed by atoms with van der Waals surface area (Å²) >= 11 is 0. The highest BCUT2D eigenvalue weighted by Gasteiger charge is 2.25. The van der Waals surface area contributed by atoms with E-state index in [1.165, 1.54) is 6.07 Å². The van der Waals surface area contributed by atoms with E-state index in [4.69, 9.17) is 0 Å². The third-order valence-electron chi connectivity index (χ3n) is 4.53. The smallest absolute Gasteiger partial charge is 0.252 e. The van der Waals surface area contributed by atoms with Crippen LogP contribution >= 0.6 is 0 Å². The lowest BCUT2D eigenvalue weighted by molar-refractivity contribution is 0.0947. The van der Waals surface area contributed by atoms with Gasteiger partial charge in [0.1, 0.15) is 0 Å². The molecule has 0 aliphatic carbocycles. The molecule has 1 amide bonds. The van der Waals surface area contributed by atoms with E-state index in [0.29, 0.717) is 13.1 Å². The second kappa shape index (κ2) is 8.39. The Balaban J connectivity index is 1.79. The average molecular weight is 398 g/mol. The first-order valence-corrected chi connectivity index (χ1v) is 10.6. The Kier molecular flexibility index (Phi) is 5.94. The second-order valence-corrected chi connectivity index (χ2v) is 9.25. The molecule has 0 saturated heterocycles. The van der Waals surface area contributed by atoms with E-state index in [-0.39, 0.29) is 10.5 Å². The standard InChI is InChI=1S/C21H23N3O3S/c1-16(2)28(26,27)20-10-6-5-9-19(20)21(25)23-13-17-7-3-4-8-18(17)14-24-12-11-22-15-24/h3-12,15-16H,13-14H2,1-2H3,(H,23,25). The van der Waals surface area contributed by atoms with E-state index in [2.05, 4.69) is 10.3 Å². The number of nitrogens with one attached hydrogen (secondary N) is 1. The van der Waals surface area contributed by atoms with Gasteiger partial charge in [-0.05, 0) is 37.1 Å². The number of nitrogens with zero attached hydrogens (tertiary/aromatic N) is 2. The SMILES string of the molecule is CC(C)S(=O)(=O)c1ccccc1C(=O)NCc1ccccc1Cn1ccnc1. The van der Waals surface area contributed by atoms with Crippen molar-refractivity contribution in [3.05, 3.63) is 83.9 Å². The predicted molar refractivity (Wildman–Crippen MR) is 108 cm³/mol. The van der Waals surface area contributed by atoms with E-state index >= 15 is 0 Å². The van der Waals surface area contributed by atoms with Crippen molar-refractivity contribution >= 4 is 15.7 Å². The third kappa shape index (κ3) is 4.31. The van der Waals surface area contributed by atoms with Gasteiger partial charge in [-0.3, -0.25) is 4.79 Å². The van der Waals surface area contributed by atoms with Crippen LogP contribution in [0.3, 0.4) is 0 Å². The van der Waals surface area contributed by atoms with Crippen LogP contribution in [0, 0.1) is 0 Å². The van der Waals surface area contributed by atoms with E-state index in [1.807, 2.05) is 35.0 Å². The molecule has 6 nitrogen and oxygen atoms in total. The molecule has 7 heteroatoms. The van der Waals surface area contributed by atoms with Gasteiger partial charge in [0, 0.05) is 25.5 Å². The van der Waals surface area contributed by atoms with Crippen molar-refractivity contribution in [3.8, 4) is 0 Å². The summed E-state index contributed by atoms with van der Waals surface area (Å²) in [6, 6.07) is 14.1. The fourth-order valence-electron chi connectivity index (χ4n) is 2.89. The second-order valence-electron chi connectivity index (χ2n) is 6.78. The zero-order chi connectivity index (χ0) is 20.1. The molecular formula is C21H23N3O3S. The van der Waals surface area contributed by atoms with Crippen molar-refractivity contribution in [2.45, 2.75) is 37.1 Å². The summed E-state index contributed by atoms with van der Waals surface area (Å²) in [5.41, 5.74) is 2.20. The molecule has 3 rings (SSSR count). The van der Waals surface area contributed by atoms with E-state index in [9.17, 15) is 13.2 Å². The maximum atomic E-state index is 12.7. The van der Waals surface area contributed by atoms with Crippen LogP contribution < -0.4 is 5.32 Å². The average Bonchev–Trinajstić information content (AvgIpc) is 3.20. The molecule has 0 radical (unpaired) electrons. The zero-order valence-electron chi connectivity index (χ0n) is 15.9. The largest absolute Gasteiger partial charge is 0.348 e. The van der Waals surface area contributed by atoms with Gasteiger partial charge < -0.3 is 9.88 Å². The van der Waals surface area contributed by atoms with Crippen molar-refractivity contribution in [3.63, 3.8) is 0 Å². The first kappa shape index (κ1) is 19.8. The molecule has 0 unspecified atom stereocenters. The van der Waals surface area contributed by atoms with Crippen molar-refractivity contribution in [2.24, 2.45) is 0 Å². The maximum absolute atomic E-state index is 12.7. The lowest BCUT2D eigenvalue weighted by Crippen LogP contribution is -2.26. The molecular weight excluding hydrogens is 374 g/mol. The predicted octanol–water partition coefficient (Wildman–Crippen LogP) is 3.04. The van der Waals surface area contributed by atoms with Crippen molar-refractivity contribution in [1.82, 2.24) is 14.9 Å². The highest BCUT2D eigenvalue weighted by Crippen LogP contribution is 2.21. The summed E-state index contributed by atoms with van der Waals surface area (Å²) in [6.07, 6.45) is 5.33. The van der Waals surface area contributed by atoms with Crippen LogP contribution in [0.25, 0.3) is 0 Å². The first-order chi connectivity index (χ1) is 13.4. The van der Waals surface area contributed by atoms with Gasteiger partial charge in [-0.15, -0.1) is 0 Å². The van der Waals surface area contributed by atoms with Crippen LogP contribution in [0.4, 0.5) is 0 Å². The van der Waals surface area contributed by atoms with Gasteiger partial charge in [0.2, 0.25) is 0 Å². The Bertz CT molecular complexity index is 1060. The lowest BCUT2D eigenvalue weighted by Gasteiger charge is -2.14. The van der Waals surface area contributed by atoms with Gasteiger partial charge in [-0.2, -0.15) is 0 Å². The molecule has 3 aromatic rings. The number of sulfone groups is 1. The monoisotopic (exact) mass is 397 g/mol. The first-order valence-electron chi connectivity index (χ1n) is 9.03. The fraction of sp³-hybridized carbons (Fsp3) is 0.238. The normalized spacial score (nSPS) is 11.5. The number of imidazole rings is 1. The van der Waals surface area contributed by atoms with E-state index < -0.39 is 21.0 Å². The number of rotatable bonds is 7. The molecule has 1 heterocycles.